The number of amides is 1. The molecule has 0 saturated heterocycles. The van der Waals surface area contributed by atoms with Crippen LogP contribution >= 0.6 is 0 Å². The Bertz CT molecular complexity index is 1010. The highest BCUT2D eigenvalue weighted by atomic mass is 32.2. The Kier molecular flexibility index (Phi) is 6.13. The molecule has 2 atom stereocenters. The predicted octanol–water partition coefficient (Wildman–Crippen LogP) is 3.78. The number of nitrogens with one attached hydrogen (secondary N) is 1. The lowest BCUT2D eigenvalue weighted by molar-refractivity contribution is -0.128. The van der Waals surface area contributed by atoms with Crippen LogP contribution in [0.5, 0.6) is 5.75 Å². The summed E-state index contributed by atoms with van der Waals surface area (Å²) in [5.74, 6) is 0.00274. The molecule has 0 radical (unpaired) electrons. The van der Waals surface area contributed by atoms with Crippen molar-refractivity contribution in [3.05, 3.63) is 59.7 Å². The number of benzene rings is 2. The first-order valence-electron chi connectivity index (χ1n) is 10.2. The molecule has 1 N–H and O–H groups in total. The summed E-state index contributed by atoms with van der Waals surface area (Å²) >= 11 is 0. The van der Waals surface area contributed by atoms with Gasteiger partial charge in [-0.3, -0.25) is 9.10 Å². The van der Waals surface area contributed by atoms with E-state index in [9.17, 15) is 13.2 Å². The second kappa shape index (κ2) is 8.30. The molecule has 0 aliphatic carbocycles. The number of carbonyl (C=O) groups is 1. The summed E-state index contributed by atoms with van der Waals surface area (Å²) in [6, 6.07) is 14.8. The predicted molar refractivity (Wildman–Crippen MR) is 119 cm³/mol. The molecule has 2 aromatic carbocycles. The van der Waals surface area contributed by atoms with Gasteiger partial charge in [0.25, 0.3) is 5.91 Å². The third-order valence-electron chi connectivity index (χ3n) is 5.36. The summed E-state index contributed by atoms with van der Waals surface area (Å²) in [5.41, 5.74) is 2.72. The van der Waals surface area contributed by atoms with Crippen molar-refractivity contribution in [2.75, 3.05) is 16.6 Å². The minimum Gasteiger partial charge on any atom is -0.476 e. The van der Waals surface area contributed by atoms with Gasteiger partial charge in [0.05, 0.1) is 24.0 Å². The van der Waals surface area contributed by atoms with E-state index >= 15 is 0 Å². The van der Waals surface area contributed by atoms with Crippen LogP contribution in [0.25, 0.3) is 0 Å². The Morgan fingerprint density at radius 1 is 1.17 bits per heavy atom. The molecule has 3 rings (SSSR count). The fraction of sp³-hybridized carbons (Fsp3) is 0.435. The van der Waals surface area contributed by atoms with Crippen molar-refractivity contribution in [1.82, 2.24) is 5.32 Å². The van der Waals surface area contributed by atoms with Gasteiger partial charge in [-0.15, -0.1) is 0 Å². The third-order valence-corrected chi connectivity index (χ3v) is 7.11. The largest absolute Gasteiger partial charge is 0.476 e. The minimum absolute atomic E-state index is 0.0469. The fourth-order valence-electron chi connectivity index (χ4n) is 3.42. The van der Waals surface area contributed by atoms with E-state index in [1.54, 1.807) is 31.2 Å². The van der Waals surface area contributed by atoms with E-state index in [0.29, 0.717) is 11.4 Å². The average molecular weight is 431 g/mol. The Balaban J connectivity index is 1.77. The number of rotatable bonds is 5. The van der Waals surface area contributed by atoms with Crippen molar-refractivity contribution in [3.63, 3.8) is 0 Å². The highest BCUT2D eigenvalue weighted by Crippen LogP contribution is 2.35. The standard InChI is InChI=1S/C23H30N2O4S/c1-6-30(27,28)25-15-21(29-20-10-8-7-9-19(20)25)22(26)24-16(2)17-11-13-18(14-12-17)23(3,4)5/h7-14,16,21H,6,15H2,1-5H3,(H,24,26)/t16-,21-/m0/s1. The van der Waals surface area contributed by atoms with Crippen LogP contribution in [0.2, 0.25) is 0 Å². The van der Waals surface area contributed by atoms with Gasteiger partial charge in [0.15, 0.2) is 6.10 Å². The SMILES string of the molecule is CCS(=O)(=O)N1C[C@@H](C(=O)N[C@@H](C)c2ccc(C(C)(C)C)cc2)Oc2ccccc21. The molecule has 0 saturated carbocycles. The van der Waals surface area contributed by atoms with Crippen LogP contribution in [0.1, 0.15) is 51.8 Å². The molecule has 162 valence electrons. The van der Waals surface area contributed by atoms with Gasteiger partial charge in [-0.2, -0.15) is 0 Å². The van der Waals surface area contributed by atoms with Gasteiger partial charge >= 0.3 is 0 Å². The zero-order valence-electron chi connectivity index (χ0n) is 18.2. The van der Waals surface area contributed by atoms with Crippen LogP contribution in [0.4, 0.5) is 5.69 Å². The summed E-state index contributed by atoms with van der Waals surface area (Å²) < 4.78 is 32.3. The molecule has 7 heteroatoms. The van der Waals surface area contributed by atoms with Crippen LogP contribution < -0.4 is 14.4 Å². The first-order chi connectivity index (χ1) is 14.0. The third kappa shape index (κ3) is 4.61. The van der Waals surface area contributed by atoms with Crippen molar-refractivity contribution < 1.29 is 17.9 Å². The number of fused-ring (bicyclic) bond motifs is 1. The molecule has 30 heavy (non-hydrogen) atoms. The summed E-state index contributed by atoms with van der Waals surface area (Å²) in [4.78, 5) is 12.9. The van der Waals surface area contributed by atoms with Crippen LogP contribution in [0.3, 0.4) is 0 Å². The Morgan fingerprint density at radius 3 is 2.40 bits per heavy atom. The second-order valence-corrected chi connectivity index (χ2v) is 10.8. The molecule has 0 bridgehead atoms. The van der Waals surface area contributed by atoms with Crippen LogP contribution in [-0.2, 0) is 20.2 Å². The van der Waals surface area contributed by atoms with Crippen molar-refractivity contribution >= 4 is 21.6 Å². The van der Waals surface area contributed by atoms with Crippen molar-refractivity contribution in [2.45, 2.75) is 52.2 Å². The lowest BCUT2D eigenvalue weighted by Crippen LogP contribution is -2.51. The lowest BCUT2D eigenvalue weighted by atomic mass is 9.86. The summed E-state index contributed by atoms with van der Waals surface area (Å²) in [6.07, 6.45) is -0.919. The van der Waals surface area contributed by atoms with E-state index in [2.05, 4.69) is 38.2 Å². The molecule has 0 aromatic heterocycles. The van der Waals surface area contributed by atoms with Gasteiger partial charge in [0.2, 0.25) is 10.0 Å². The molecule has 0 unspecified atom stereocenters. The lowest BCUT2D eigenvalue weighted by Gasteiger charge is -2.35. The maximum absolute atomic E-state index is 12.9. The second-order valence-electron chi connectivity index (χ2n) is 8.61. The number of ether oxygens (including phenoxy) is 1. The van der Waals surface area contributed by atoms with Crippen LogP contribution in [-0.4, -0.2) is 32.7 Å². The van der Waals surface area contributed by atoms with E-state index in [-0.39, 0.29) is 29.7 Å². The molecular formula is C23H30N2O4S. The number of hydrogen-bond donors (Lipinski definition) is 1. The first kappa shape index (κ1) is 22.2. The van der Waals surface area contributed by atoms with E-state index in [1.807, 2.05) is 19.1 Å². The Morgan fingerprint density at radius 2 is 1.80 bits per heavy atom. The topological polar surface area (TPSA) is 75.7 Å². The molecule has 1 amide bonds. The zero-order chi connectivity index (χ0) is 22.1. The zero-order valence-corrected chi connectivity index (χ0v) is 19.0. The molecule has 1 heterocycles. The Labute approximate surface area is 179 Å². The number of para-hydroxylation sites is 2. The normalized spacial score (nSPS) is 17.6. The monoisotopic (exact) mass is 430 g/mol. The summed E-state index contributed by atoms with van der Waals surface area (Å²) in [7, 11) is -3.53. The summed E-state index contributed by atoms with van der Waals surface area (Å²) in [6.45, 7) is 9.91. The van der Waals surface area contributed by atoms with Crippen LogP contribution in [0, 0.1) is 0 Å². The summed E-state index contributed by atoms with van der Waals surface area (Å²) in [5, 5.41) is 2.96. The first-order valence-corrected chi connectivity index (χ1v) is 11.8. The van der Waals surface area contributed by atoms with Crippen molar-refractivity contribution in [2.24, 2.45) is 0 Å². The molecule has 6 nitrogen and oxygen atoms in total. The maximum atomic E-state index is 12.9. The van der Waals surface area contributed by atoms with Crippen molar-refractivity contribution in [1.29, 1.82) is 0 Å². The molecule has 1 aliphatic rings. The van der Waals surface area contributed by atoms with E-state index in [1.165, 1.54) is 9.87 Å². The molecule has 1 aliphatic heterocycles. The highest BCUT2D eigenvalue weighted by molar-refractivity contribution is 7.92. The fourth-order valence-corrected chi connectivity index (χ4v) is 4.54. The van der Waals surface area contributed by atoms with E-state index in [4.69, 9.17) is 4.74 Å². The number of hydrogen-bond acceptors (Lipinski definition) is 4. The van der Waals surface area contributed by atoms with E-state index < -0.39 is 16.1 Å². The van der Waals surface area contributed by atoms with Crippen LogP contribution in [0.15, 0.2) is 48.5 Å². The number of nitrogens with zero attached hydrogens (tertiary/aromatic N) is 1. The maximum Gasteiger partial charge on any atom is 0.263 e. The number of anilines is 1. The quantitative estimate of drug-likeness (QED) is 0.783. The minimum atomic E-state index is -3.53. The van der Waals surface area contributed by atoms with Crippen molar-refractivity contribution in [3.8, 4) is 5.75 Å². The van der Waals surface area contributed by atoms with Gasteiger partial charge < -0.3 is 10.1 Å². The highest BCUT2D eigenvalue weighted by Gasteiger charge is 2.36. The molecular weight excluding hydrogens is 400 g/mol. The smallest absolute Gasteiger partial charge is 0.263 e. The Hall–Kier alpha value is -2.54. The average Bonchev–Trinajstić information content (AvgIpc) is 2.72. The molecule has 2 aromatic rings. The van der Waals surface area contributed by atoms with Gasteiger partial charge in [-0.05, 0) is 42.5 Å². The molecule has 0 spiro atoms. The number of sulfonamides is 1. The van der Waals surface area contributed by atoms with Gasteiger partial charge in [0.1, 0.15) is 5.75 Å². The van der Waals surface area contributed by atoms with Gasteiger partial charge in [0, 0.05) is 0 Å². The van der Waals surface area contributed by atoms with E-state index in [0.717, 1.165) is 5.56 Å². The number of carbonyl (C=O) groups excluding carboxylic acids is 1. The van der Waals surface area contributed by atoms with Gasteiger partial charge in [-0.1, -0.05) is 57.2 Å². The van der Waals surface area contributed by atoms with Gasteiger partial charge in [-0.25, -0.2) is 8.42 Å². The molecule has 0 fully saturated rings.